The number of ether oxygens (including phenoxy) is 1. The van der Waals surface area contributed by atoms with E-state index in [0.717, 1.165) is 12.1 Å². The largest absolute Gasteiger partial charge is 0.484 e. The van der Waals surface area contributed by atoms with Gasteiger partial charge in [-0.05, 0) is 24.3 Å². The molecule has 0 radical (unpaired) electrons. The number of rotatable bonds is 5. The van der Waals surface area contributed by atoms with E-state index in [0.29, 0.717) is 17.9 Å². The van der Waals surface area contributed by atoms with Crippen molar-refractivity contribution in [2.24, 2.45) is 0 Å². The minimum Gasteiger partial charge on any atom is -0.484 e. The number of carbonyl (C=O) groups excluding carboxylic acids is 1. The third-order valence-electron chi connectivity index (χ3n) is 3.52. The highest BCUT2D eigenvalue weighted by Gasteiger charge is 2.71. The van der Waals surface area contributed by atoms with Crippen molar-refractivity contribution in [1.82, 2.24) is 0 Å². The fraction of sp³-hybridized carbons (Fsp3) is 0.235. The lowest BCUT2D eigenvalue weighted by Gasteiger charge is -2.32. The monoisotopic (exact) mass is 393 g/mol. The highest BCUT2D eigenvalue weighted by molar-refractivity contribution is 5.91. The summed E-state index contributed by atoms with van der Waals surface area (Å²) >= 11 is 0. The number of carbonyl (C=O) groups is 1. The summed E-state index contributed by atoms with van der Waals surface area (Å²) < 4.78 is 82.0. The number of alkyl halides is 6. The molecule has 146 valence electrons. The number of hydrogen-bond donors (Lipinski definition) is 2. The minimum atomic E-state index is -5.97. The summed E-state index contributed by atoms with van der Waals surface area (Å²) in [6.07, 6.45) is -11.9. The summed E-state index contributed by atoms with van der Waals surface area (Å²) in [7, 11) is 0. The number of nitrogens with one attached hydrogen (secondary N) is 1. The maximum atomic E-state index is 12.8. The summed E-state index contributed by atoms with van der Waals surface area (Å²) in [6, 6.07) is 10.8. The van der Waals surface area contributed by atoms with Crippen molar-refractivity contribution in [3.63, 3.8) is 0 Å². The molecule has 2 rings (SSSR count). The second kappa shape index (κ2) is 7.47. The molecule has 0 saturated heterocycles. The van der Waals surface area contributed by atoms with Gasteiger partial charge in [0.2, 0.25) is 0 Å². The zero-order valence-corrected chi connectivity index (χ0v) is 13.4. The Morgan fingerprint density at radius 2 is 1.41 bits per heavy atom. The highest BCUT2D eigenvalue weighted by atomic mass is 19.4. The van der Waals surface area contributed by atoms with Crippen molar-refractivity contribution in [3.8, 4) is 5.75 Å². The predicted molar refractivity (Wildman–Crippen MR) is 83.0 cm³/mol. The Hall–Kier alpha value is -2.75. The number of halogens is 6. The molecule has 0 fully saturated rings. The molecular formula is C17H13F6NO3. The molecule has 4 nitrogen and oxygen atoms in total. The van der Waals surface area contributed by atoms with E-state index in [2.05, 4.69) is 5.32 Å². The first-order chi connectivity index (χ1) is 12.4. The standard InChI is InChI=1S/C17H13F6NO3/c18-16(19,20)15(26,17(21,22)23)11-6-8-12(9-7-11)24-14(25)10-27-13-4-2-1-3-5-13/h1-9,26H,10H2,(H,24,25). The molecule has 0 aliphatic heterocycles. The Labute approximate surface area is 149 Å². The van der Waals surface area contributed by atoms with Crippen LogP contribution in [-0.4, -0.2) is 30.0 Å². The Balaban J connectivity index is 2.09. The van der Waals surface area contributed by atoms with E-state index < -0.39 is 36.0 Å². The molecular weight excluding hydrogens is 380 g/mol. The SMILES string of the molecule is O=C(COc1ccccc1)Nc1ccc(C(O)(C(F)(F)F)C(F)(F)F)cc1. The smallest absolute Gasteiger partial charge is 0.430 e. The summed E-state index contributed by atoms with van der Waals surface area (Å²) in [5.74, 6) is -0.267. The van der Waals surface area contributed by atoms with Crippen molar-refractivity contribution < 1.29 is 41.0 Å². The predicted octanol–water partition coefficient (Wildman–Crippen LogP) is 4.02. The second-order valence-electron chi connectivity index (χ2n) is 5.43. The van der Waals surface area contributed by atoms with Gasteiger partial charge in [-0.25, -0.2) is 0 Å². The van der Waals surface area contributed by atoms with Crippen LogP contribution in [0.4, 0.5) is 32.0 Å². The fourth-order valence-electron chi connectivity index (χ4n) is 2.15. The molecule has 2 N–H and O–H groups in total. The summed E-state index contributed by atoms with van der Waals surface area (Å²) in [5.41, 5.74) is -6.49. The highest BCUT2D eigenvalue weighted by Crippen LogP contribution is 2.50. The molecule has 0 aromatic heterocycles. The van der Waals surface area contributed by atoms with Crippen LogP contribution in [0.5, 0.6) is 5.75 Å². The number of aliphatic hydroxyl groups is 1. The molecule has 0 saturated carbocycles. The Morgan fingerprint density at radius 1 is 0.889 bits per heavy atom. The topological polar surface area (TPSA) is 58.6 Å². The van der Waals surface area contributed by atoms with Crippen molar-refractivity contribution in [2.75, 3.05) is 11.9 Å². The molecule has 0 atom stereocenters. The van der Waals surface area contributed by atoms with Gasteiger partial charge in [0.1, 0.15) is 5.75 Å². The number of anilines is 1. The van der Waals surface area contributed by atoms with E-state index in [-0.39, 0.29) is 5.69 Å². The second-order valence-corrected chi connectivity index (χ2v) is 5.43. The van der Waals surface area contributed by atoms with E-state index in [1.54, 1.807) is 30.3 Å². The van der Waals surface area contributed by atoms with Gasteiger partial charge < -0.3 is 15.2 Å². The Morgan fingerprint density at radius 3 is 1.89 bits per heavy atom. The lowest BCUT2D eigenvalue weighted by molar-refractivity contribution is -0.376. The van der Waals surface area contributed by atoms with Gasteiger partial charge >= 0.3 is 12.4 Å². The zero-order chi connectivity index (χ0) is 20.3. The summed E-state index contributed by atoms with van der Waals surface area (Å²) in [6.45, 7) is -0.416. The van der Waals surface area contributed by atoms with Crippen molar-refractivity contribution >= 4 is 11.6 Å². The van der Waals surface area contributed by atoms with Crippen LogP contribution >= 0.6 is 0 Å². The third-order valence-corrected chi connectivity index (χ3v) is 3.52. The number of para-hydroxylation sites is 1. The van der Waals surface area contributed by atoms with Crippen LogP contribution in [0.2, 0.25) is 0 Å². The molecule has 0 aliphatic rings. The van der Waals surface area contributed by atoms with Crippen LogP contribution in [-0.2, 0) is 10.4 Å². The van der Waals surface area contributed by atoms with E-state index in [1.807, 2.05) is 0 Å². The van der Waals surface area contributed by atoms with E-state index >= 15 is 0 Å². The van der Waals surface area contributed by atoms with Gasteiger partial charge in [-0.3, -0.25) is 4.79 Å². The maximum absolute atomic E-state index is 12.8. The minimum absolute atomic E-state index is 0.0629. The fourth-order valence-corrected chi connectivity index (χ4v) is 2.15. The third kappa shape index (κ3) is 4.51. The normalized spacial score (nSPS) is 12.6. The Kier molecular flexibility index (Phi) is 5.69. The van der Waals surface area contributed by atoms with Crippen LogP contribution in [0.25, 0.3) is 0 Å². The molecule has 0 bridgehead atoms. The lowest BCUT2D eigenvalue weighted by atomic mass is 9.92. The first kappa shape index (κ1) is 20.6. The molecule has 0 aliphatic carbocycles. The van der Waals surface area contributed by atoms with Gasteiger partial charge in [0.05, 0.1) is 0 Å². The summed E-state index contributed by atoms with van der Waals surface area (Å²) in [4.78, 5) is 11.7. The van der Waals surface area contributed by atoms with E-state index in [9.17, 15) is 36.2 Å². The molecule has 27 heavy (non-hydrogen) atoms. The Bertz CT molecular complexity index is 758. The van der Waals surface area contributed by atoms with Crippen LogP contribution in [0, 0.1) is 0 Å². The van der Waals surface area contributed by atoms with Gasteiger partial charge in [0, 0.05) is 11.3 Å². The molecule has 0 unspecified atom stereocenters. The van der Waals surface area contributed by atoms with E-state index in [4.69, 9.17) is 4.74 Å². The van der Waals surface area contributed by atoms with Crippen LogP contribution < -0.4 is 10.1 Å². The molecule has 10 heteroatoms. The molecule has 2 aromatic rings. The van der Waals surface area contributed by atoms with Gasteiger partial charge in [-0.15, -0.1) is 0 Å². The molecule has 2 aromatic carbocycles. The van der Waals surface area contributed by atoms with Gasteiger partial charge in [-0.1, -0.05) is 30.3 Å². The molecule has 0 spiro atoms. The zero-order valence-electron chi connectivity index (χ0n) is 13.4. The lowest BCUT2D eigenvalue weighted by Crippen LogP contribution is -2.53. The first-order valence-corrected chi connectivity index (χ1v) is 7.39. The van der Waals surface area contributed by atoms with Gasteiger partial charge in [-0.2, -0.15) is 26.3 Å². The van der Waals surface area contributed by atoms with Crippen molar-refractivity contribution in [2.45, 2.75) is 18.0 Å². The number of benzene rings is 2. The number of hydrogen-bond acceptors (Lipinski definition) is 3. The quantitative estimate of drug-likeness (QED) is 0.755. The average molecular weight is 393 g/mol. The van der Waals surface area contributed by atoms with Gasteiger partial charge in [0.25, 0.3) is 11.5 Å². The molecule has 0 heterocycles. The van der Waals surface area contributed by atoms with Crippen LogP contribution in [0.3, 0.4) is 0 Å². The molecule has 1 amide bonds. The first-order valence-electron chi connectivity index (χ1n) is 7.39. The van der Waals surface area contributed by atoms with Crippen molar-refractivity contribution in [1.29, 1.82) is 0 Å². The van der Waals surface area contributed by atoms with Crippen LogP contribution in [0.1, 0.15) is 5.56 Å². The maximum Gasteiger partial charge on any atom is 0.430 e. The van der Waals surface area contributed by atoms with E-state index in [1.165, 1.54) is 0 Å². The average Bonchev–Trinajstić information content (AvgIpc) is 2.59. The summed E-state index contributed by atoms with van der Waals surface area (Å²) in [5, 5.41) is 11.5. The van der Waals surface area contributed by atoms with Gasteiger partial charge in [0.15, 0.2) is 6.61 Å². The van der Waals surface area contributed by atoms with Crippen LogP contribution in [0.15, 0.2) is 54.6 Å². The number of amides is 1. The van der Waals surface area contributed by atoms with Crippen molar-refractivity contribution in [3.05, 3.63) is 60.2 Å².